The first-order chi connectivity index (χ1) is 8.24. The van der Waals surface area contributed by atoms with Gasteiger partial charge < -0.3 is 9.64 Å². The standard InChI is InChI=1S/C10H20N6O/c1-4-7-16(5-2)9-12-8(15-11)13-10(14-9)17-6-3/h4-7,11H2,1-3H3,(H,12,13,14,15). The van der Waals surface area contributed by atoms with Crippen LogP contribution >= 0.6 is 0 Å². The van der Waals surface area contributed by atoms with Gasteiger partial charge in [0, 0.05) is 13.1 Å². The van der Waals surface area contributed by atoms with Crippen LogP contribution in [0.2, 0.25) is 0 Å². The van der Waals surface area contributed by atoms with E-state index >= 15 is 0 Å². The van der Waals surface area contributed by atoms with Crippen LogP contribution in [0.25, 0.3) is 0 Å². The molecule has 0 aliphatic heterocycles. The van der Waals surface area contributed by atoms with Crippen molar-refractivity contribution >= 4 is 11.9 Å². The van der Waals surface area contributed by atoms with Crippen LogP contribution in [-0.2, 0) is 0 Å². The first kappa shape index (κ1) is 13.4. The van der Waals surface area contributed by atoms with Gasteiger partial charge in [0.15, 0.2) is 0 Å². The predicted octanol–water partition coefficient (Wildman–Crippen LogP) is 0.792. The van der Waals surface area contributed by atoms with Gasteiger partial charge in [-0.15, -0.1) is 0 Å². The van der Waals surface area contributed by atoms with Crippen LogP contribution in [0, 0.1) is 0 Å². The summed E-state index contributed by atoms with van der Waals surface area (Å²) >= 11 is 0. The summed E-state index contributed by atoms with van der Waals surface area (Å²) in [5, 5.41) is 0. The summed E-state index contributed by atoms with van der Waals surface area (Å²) in [7, 11) is 0. The summed E-state index contributed by atoms with van der Waals surface area (Å²) in [6.45, 7) is 8.25. The molecule has 1 aromatic heterocycles. The second kappa shape index (κ2) is 6.85. The molecular weight excluding hydrogens is 220 g/mol. The van der Waals surface area contributed by atoms with Crippen LogP contribution in [0.15, 0.2) is 0 Å². The van der Waals surface area contributed by atoms with Gasteiger partial charge in [-0.1, -0.05) is 6.92 Å². The quantitative estimate of drug-likeness (QED) is 0.538. The molecule has 0 aliphatic carbocycles. The monoisotopic (exact) mass is 240 g/mol. The van der Waals surface area contributed by atoms with E-state index in [0.29, 0.717) is 24.5 Å². The Bertz CT molecular complexity index is 346. The molecule has 3 N–H and O–H groups in total. The number of anilines is 2. The van der Waals surface area contributed by atoms with E-state index in [1.807, 2.05) is 11.8 Å². The normalized spacial score (nSPS) is 10.1. The number of ether oxygens (including phenoxy) is 1. The molecule has 0 aliphatic rings. The molecule has 17 heavy (non-hydrogen) atoms. The number of nitrogens with zero attached hydrogens (tertiary/aromatic N) is 4. The number of nitrogens with two attached hydrogens (primary N) is 1. The van der Waals surface area contributed by atoms with E-state index in [0.717, 1.165) is 19.5 Å². The van der Waals surface area contributed by atoms with Crippen LogP contribution in [-0.4, -0.2) is 34.6 Å². The zero-order chi connectivity index (χ0) is 12.7. The number of hydrazine groups is 1. The molecular formula is C10H20N6O. The van der Waals surface area contributed by atoms with Gasteiger partial charge >= 0.3 is 6.01 Å². The molecule has 0 radical (unpaired) electrons. The lowest BCUT2D eigenvalue weighted by Gasteiger charge is -2.20. The molecule has 7 heteroatoms. The highest BCUT2D eigenvalue weighted by Crippen LogP contribution is 2.14. The molecule has 0 atom stereocenters. The van der Waals surface area contributed by atoms with Crippen LogP contribution in [0.3, 0.4) is 0 Å². The molecule has 7 nitrogen and oxygen atoms in total. The topological polar surface area (TPSA) is 89.2 Å². The Morgan fingerprint density at radius 2 is 2.00 bits per heavy atom. The number of aromatic nitrogens is 3. The Hall–Kier alpha value is -1.63. The zero-order valence-corrected chi connectivity index (χ0v) is 10.6. The average molecular weight is 240 g/mol. The summed E-state index contributed by atoms with van der Waals surface area (Å²) in [4.78, 5) is 14.5. The predicted molar refractivity (Wildman–Crippen MR) is 67.0 cm³/mol. The van der Waals surface area contributed by atoms with Gasteiger partial charge in [-0.05, 0) is 20.3 Å². The minimum Gasteiger partial charge on any atom is -0.464 e. The first-order valence-corrected chi connectivity index (χ1v) is 5.85. The van der Waals surface area contributed by atoms with Gasteiger partial charge in [-0.2, -0.15) is 15.0 Å². The highest BCUT2D eigenvalue weighted by atomic mass is 16.5. The number of hydrogen-bond donors (Lipinski definition) is 2. The first-order valence-electron chi connectivity index (χ1n) is 5.85. The number of rotatable bonds is 7. The third-order valence-corrected chi connectivity index (χ3v) is 2.16. The van der Waals surface area contributed by atoms with E-state index in [1.54, 1.807) is 0 Å². The largest absolute Gasteiger partial charge is 0.464 e. The molecule has 0 spiro atoms. The van der Waals surface area contributed by atoms with Gasteiger partial charge in [-0.25, -0.2) is 5.84 Å². The maximum atomic E-state index is 5.32. The Balaban J connectivity index is 2.99. The molecule has 1 aromatic rings. The maximum Gasteiger partial charge on any atom is 0.323 e. The molecule has 0 unspecified atom stereocenters. The molecule has 96 valence electrons. The minimum absolute atomic E-state index is 0.292. The van der Waals surface area contributed by atoms with Crippen LogP contribution in [0.1, 0.15) is 27.2 Å². The zero-order valence-electron chi connectivity index (χ0n) is 10.6. The van der Waals surface area contributed by atoms with Gasteiger partial charge in [0.05, 0.1) is 6.61 Å². The van der Waals surface area contributed by atoms with Gasteiger partial charge in [-0.3, -0.25) is 5.43 Å². The lowest BCUT2D eigenvalue weighted by Crippen LogP contribution is -2.27. The third kappa shape index (κ3) is 3.70. The summed E-state index contributed by atoms with van der Waals surface area (Å²) < 4.78 is 5.28. The number of nitrogens with one attached hydrogen (secondary N) is 1. The fourth-order valence-corrected chi connectivity index (χ4v) is 1.41. The van der Waals surface area contributed by atoms with E-state index in [1.165, 1.54) is 0 Å². The van der Waals surface area contributed by atoms with Crippen LogP contribution in [0.4, 0.5) is 11.9 Å². The van der Waals surface area contributed by atoms with Gasteiger partial charge in [0.25, 0.3) is 0 Å². The van der Waals surface area contributed by atoms with Gasteiger partial charge in [0.2, 0.25) is 11.9 Å². The SMILES string of the molecule is CCCN(CC)c1nc(NN)nc(OCC)n1. The lowest BCUT2D eigenvalue weighted by atomic mass is 10.4. The van der Waals surface area contributed by atoms with Crippen molar-refractivity contribution in [3.05, 3.63) is 0 Å². The molecule has 1 heterocycles. The Morgan fingerprint density at radius 1 is 1.24 bits per heavy atom. The summed E-state index contributed by atoms with van der Waals surface area (Å²) in [5.41, 5.74) is 2.42. The molecule has 0 saturated carbocycles. The lowest BCUT2D eigenvalue weighted by molar-refractivity contribution is 0.312. The van der Waals surface area contributed by atoms with E-state index in [9.17, 15) is 0 Å². The Morgan fingerprint density at radius 3 is 2.53 bits per heavy atom. The number of nitrogen functional groups attached to an aromatic ring is 1. The van der Waals surface area contributed by atoms with Crippen molar-refractivity contribution < 1.29 is 4.74 Å². The van der Waals surface area contributed by atoms with Crippen LogP contribution in [0.5, 0.6) is 6.01 Å². The minimum atomic E-state index is 0.292. The Labute approximate surface area is 101 Å². The molecule has 0 bridgehead atoms. The summed E-state index contributed by atoms with van der Waals surface area (Å²) in [6.07, 6.45) is 1.02. The highest BCUT2D eigenvalue weighted by molar-refractivity contribution is 5.37. The van der Waals surface area contributed by atoms with Crippen molar-refractivity contribution in [2.24, 2.45) is 5.84 Å². The van der Waals surface area contributed by atoms with Crippen molar-refractivity contribution in [3.8, 4) is 6.01 Å². The van der Waals surface area contributed by atoms with Crippen molar-refractivity contribution in [2.45, 2.75) is 27.2 Å². The second-order valence-electron chi connectivity index (χ2n) is 3.40. The van der Waals surface area contributed by atoms with Crippen molar-refractivity contribution in [1.82, 2.24) is 15.0 Å². The maximum absolute atomic E-state index is 5.32. The summed E-state index contributed by atoms with van der Waals surface area (Å²) in [6, 6.07) is 0.292. The molecule has 0 fully saturated rings. The molecule has 0 amide bonds. The van der Waals surface area contributed by atoms with E-state index in [4.69, 9.17) is 10.6 Å². The van der Waals surface area contributed by atoms with Crippen molar-refractivity contribution in [2.75, 3.05) is 30.0 Å². The number of hydrogen-bond acceptors (Lipinski definition) is 7. The highest BCUT2D eigenvalue weighted by Gasteiger charge is 2.11. The Kier molecular flexibility index (Phi) is 5.41. The summed E-state index contributed by atoms with van der Waals surface area (Å²) in [5.74, 6) is 6.22. The van der Waals surface area contributed by atoms with Crippen LogP contribution < -0.4 is 20.9 Å². The molecule has 1 rings (SSSR count). The van der Waals surface area contributed by atoms with E-state index in [-0.39, 0.29) is 0 Å². The average Bonchev–Trinajstić information content (AvgIpc) is 2.35. The third-order valence-electron chi connectivity index (χ3n) is 2.16. The smallest absolute Gasteiger partial charge is 0.323 e. The molecule has 0 aromatic carbocycles. The van der Waals surface area contributed by atoms with E-state index < -0.39 is 0 Å². The fourth-order valence-electron chi connectivity index (χ4n) is 1.41. The van der Waals surface area contributed by atoms with Gasteiger partial charge in [0.1, 0.15) is 0 Å². The second-order valence-corrected chi connectivity index (χ2v) is 3.40. The van der Waals surface area contributed by atoms with E-state index in [2.05, 4.69) is 34.2 Å². The fraction of sp³-hybridized carbons (Fsp3) is 0.700. The van der Waals surface area contributed by atoms with Crippen molar-refractivity contribution in [3.63, 3.8) is 0 Å². The molecule has 0 saturated heterocycles. The van der Waals surface area contributed by atoms with Crippen molar-refractivity contribution in [1.29, 1.82) is 0 Å².